The second-order valence-corrected chi connectivity index (χ2v) is 7.62. The van der Waals surface area contributed by atoms with Crippen molar-refractivity contribution in [1.29, 1.82) is 0 Å². The van der Waals surface area contributed by atoms with Gasteiger partial charge in [-0.25, -0.2) is 0 Å². The largest absolute Gasteiger partial charge is 0.461 e. The standard InChI is InChI=1S/C22H22N2O9/c1-11-7-17(31-13-5-4-12-3-2-6-23-14(12)8-13)15(24(29)30)9-16(11)32-22-21(28)20(27)19(26)18(10-25)33-22/h2-9,18-22,25-28H,10H2,1H3. The Kier molecular flexibility index (Phi) is 6.40. The van der Waals surface area contributed by atoms with E-state index in [0.29, 0.717) is 16.8 Å². The van der Waals surface area contributed by atoms with Gasteiger partial charge in [-0.05, 0) is 36.8 Å². The number of aliphatic hydroxyl groups is 4. The minimum absolute atomic E-state index is 0.00134. The van der Waals surface area contributed by atoms with Gasteiger partial charge in [0.25, 0.3) is 0 Å². The highest BCUT2D eigenvalue weighted by molar-refractivity contribution is 5.79. The van der Waals surface area contributed by atoms with E-state index in [9.17, 15) is 30.5 Å². The maximum absolute atomic E-state index is 11.7. The minimum Gasteiger partial charge on any atom is -0.461 e. The van der Waals surface area contributed by atoms with Gasteiger partial charge >= 0.3 is 5.69 Å². The predicted octanol–water partition coefficient (Wildman–Crippen LogP) is 1.42. The molecule has 33 heavy (non-hydrogen) atoms. The fourth-order valence-corrected chi connectivity index (χ4v) is 3.53. The Hall–Kier alpha value is -3.35. The van der Waals surface area contributed by atoms with Crippen molar-refractivity contribution in [2.75, 3.05) is 6.61 Å². The summed E-state index contributed by atoms with van der Waals surface area (Å²) in [6.45, 7) is 0.981. The van der Waals surface area contributed by atoms with Gasteiger partial charge in [0.1, 0.15) is 35.9 Å². The van der Waals surface area contributed by atoms with E-state index in [4.69, 9.17) is 14.2 Å². The molecule has 1 aliphatic rings. The molecule has 11 heteroatoms. The van der Waals surface area contributed by atoms with Gasteiger partial charge in [0.2, 0.25) is 12.0 Å². The van der Waals surface area contributed by atoms with E-state index < -0.39 is 47.9 Å². The van der Waals surface area contributed by atoms with Gasteiger partial charge in [-0.15, -0.1) is 0 Å². The Labute approximate surface area is 187 Å². The van der Waals surface area contributed by atoms with Gasteiger partial charge in [-0.1, -0.05) is 6.07 Å². The van der Waals surface area contributed by atoms with Gasteiger partial charge in [-0.2, -0.15) is 0 Å². The summed E-state index contributed by atoms with van der Waals surface area (Å²) < 4.78 is 16.7. The summed E-state index contributed by atoms with van der Waals surface area (Å²) in [7, 11) is 0. The molecule has 5 unspecified atom stereocenters. The first-order chi connectivity index (χ1) is 15.8. The zero-order chi connectivity index (χ0) is 23.7. The number of aromatic nitrogens is 1. The van der Waals surface area contributed by atoms with Crippen LogP contribution in [-0.4, -0.2) is 67.6 Å². The maximum atomic E-state index is 11.7. The molecule has 0 aliphatic carbocycles. The molecule has 0 radical (unpaired) electrons. The fraction of sp³-hybridized carbons (Fsp3) is 0.318. The average Bonchev–Trinajstić information content (AvgIpc) is 2.80. The number of hydrogen-bond acceptors (Lipinski definition) is 10. The van der Waals surface area contributed by atoms with Gasteiger partial charge in [0, 0.05) is 17.6 Å². The number of pyridine rings is 1. The fourth-order valence-electron chi connectivity index (χ4n) is 3.53. The Bertz CT molecular complexity index is 1170. The highest BCUT2D eigenvalue weighted by atomic mass is 16.7. The normalized spacial score (nSPS) is 25.1. The first-order valence-electron chi connectivity index (χ1n) is 10.1. The highest BCUT2D eigenvalue weighted by Crippen LogP contribution is 2.38. The summed E-state index contributed by atoms with van der Waals surface area (Å²) >= 11 is 0. The second kappa shape index (κ2) is 9.25. The number of aliphatic hydroxyl groups excluding tert-OH is 4. The van der Waals surface area contributed by atoms with Crippen molar-refractivity contribution in [2.45, 2.75) is 37.6 Å². The number of rotatable bonds is 6. The van der Waals surface area contributed by atoms with E-state index in [1.165, 1.54) is 6.07 Å². The Morgan fingerprint density at radius 2 is 1.88 bits per heavy atom. The van der Waals surface area contributed by atoms with Crippen molar-refractivity contribution in [3.05, 3.63) is 64.3 Å². The van der Waals surface area contributed by atoms with Crippen molar-refractivity contribution < 1.29 is 39.6 Å². The van der Waals surface area contributed by atoms with Crippen LogP contribution in [0.1, 0.15) is 5.56 Å². The van der Waals surface area contributed by atoms with Crippen LogP contribution in [0.15, 0.2) is 48.7 Å². The minimum atomic E-state index is -1.65. The molecular formula is C22H22N2O9. The van der Waals surface area contributed by atoms with Crippen LogP contribution in [-0.2, 0) is 4.74 Å². The monoisotopic (exact) mass is 458 g/mol. The summed E-state index contributed by atoms with van der Waals surface area (Å²) in [5.74, 6) is 0.318. The van der Waals surface area contributed by atoms with E-state index in [-0.39, 0.29) is 11.5 Å². The van der Waals surface area contributed by atoms with E-state index in [0.717, 1.165) is 11.5 Å². The molecule has 1 aromatic heterocycles. The van der Waals surface area contributed by atoms with Crippen molar-refractivity contribution in [1.82, 2.24) is 4.98 Å². The average molecular weight is 458 g/mol. The molecule has 2 heterocycles. The van der Waals surface area contributed by atoms with Gasteiger partial charge in [-0.3, -0.25) is 15.1 Å². The summed E-state index contributed by atoms with van der Waals surface area (Å²) in [5, 5.41) is 51.9. The molecule has 4 N–H and O–H groups in total. The van der Waals surface area contributed by atoms with Gasteiger partial charge in [0.15, 0.2) is 0 Å². The van der Waals surface area contributed by atoms with E-state index >= 15 is 0 Å². The van der Waals surface area contributed by atoms with Crippen LogP contribution >= 0.6 is 0 Å². The zero-order valence-corrected chi connectivity index (χ0v) is 17.4. The van der Waals surface area contributed by atoms with E-state index in [1.807, 2.05) is 6.07 Å². The molecule has 5 atom stereocenters. The highest BCUT2D eigenvalue weighted by Gasteiger charge is 2.45. The molecule has 0 bridgehead atoms. The smallest absolute Gasteiger partial charge is 0.315 e. The molecule has 0 spiro atoms. The molecule has 1 saturated heterocycles. The third kappa shape index (κ3) is 4.58. The van der Waals surface area contributed by atoms with E-state index in [2.05, 4.69) is 4.98 Å². The quantitative estimate of drug-likeness (QED) is 0.314. The molecule has 1 fully saturated rings. The zero-order valence-electron chi connectivity index (χ0n) is 17.4. The van der Waals surface area contributed by atoms with Gasteiger partial charge < -0.3 is 34.6 Å². The number of nitrogens with zero attached hydrogens (tertiary/aromatic N) is 2. The van der Waals surface area contributed by atoms with Crippen LogP contribution in [0.2, 0.25) is 0 Å². The van der Waals surface area contributed by atoms with Crippen LogP contribution in [0.25, 0.3) is 10.9 Å². The van der Waals surface area contributed by atoms with Crippen molar-refractivity contribution in [3.63, 3.8) is 0 Å². The lowest BCUT2D eigenvalue weighted by Crippen LogP contribution is -2.60. The predicted molar refractivity (Wildman–Crippen MR) is 114 cm³/mol. The number of aryl methyl sites for hydroxylation is 1. The number of nitro groups is 1. The number of fused-ring (bicyclic) bond motifs is 1. The maximum Gasteiger partial charge on any atom is 0.315 e. The molecule has 11 nitrogen and oxygen atoms in total. The first kappa shape index (κ1) is 22.8. The van der Waals surface area contributed by atoms with E-state index in [1.54, 1.807) is 37.4 Å². The lowest BCUT2D eigenvalue weighted by molar-refractivity contribution is -0.385. The summed E-state index contributed by atoms with van der Waals surface area (Å²) in [5.41, 5.74) is 0.685. The number of nitro benzene ring substituents is 1. The topological polar surface area (TPSA) is 165 Å². The van der Waals surface area contributed by atoms with Crippen LogP contribution in [0.5, 0.6) is 17.2 Å². The SMILES string of the molecule is Cc1cc(Oc2ccc3cccnc3c2)c([N+](=O)[O-])cc1OC1OC(CO)C(O)C(O)C1O. The molecule has 0 saturated carbocycles. The summed E-state index contributed by atoms with van der Waals surface area (Å²) in [6, 6.07) is 11.3. The Morgan fingerprint density at radius 3 is 2.61 bits per heavy atom. The van der Waals surface area contributed by atoms with Gasteiger partial charge in [0.05, 0.1) is 23.1 Å². The van der Waals surface area contributed by atoms with Crippen molar-refractivity contribution in [3.8, 4) is 17.2 Å². The molecule has 174 valence electrons. The molecule has 3 aromatic rings. The Morgan fingerprint density at radius 1 is 1.09 bits per heavy atom. The third-order valence-electron chi connectivity index (χ3n) is 5.35. The summed E-state index contributed by atoms with van der Waals surface area (Å²) in [6.07, 6.45) is -5.86. The Balaban J connectivity index is 1.62. The summed E-state index contributed by atoms with van der Waals surface area (Å²) in [4.78, 5) is 15.3. The molecule has 1 aliphatic heterocycles. The van der Waals surface area contributed by atoms with Crippen molar-refractivity contribution >= 4 is 16.6 Å². The molecule has 0 amide bonds. The number of benzene rings is 2. The van der Waals surface area contributed by atoms with Crippen LogP contribution in [0.4, 0.5) is 5.69 Å². The number of ether oxygens (including phenoxy) is 3. The lowest BCUT2D eigenvalue weighted by atomic mass is 9.99. The van der Waals surface area contributed by atoms with Crippen molar-refractivity contribution in [2.24, 2.45) is 0 Å². The molecular weight excluding hydrogens is 436 g/mol. The second-order valence-electron chi connectivity index (χ2n) is 7.62. The third-order valence-corrected chi connectivity index (χ3v) is 5.35. The first-order valence-corrected chi connectivity index (χ1v) is 10.1. The molecule has 2 aromatic carbocycles. The van der Waals surface area contributed by atoms with Crippen LogP contribution in [0.3, 0.4) is 0 Å². The number of hydrogen-bond donors (Lipinski definition) is 4. The molecule has 4 rings (SSSR count). The lowest BCUT2D eigenvalue weighted by Gasteiger charge is -2.39. The van der Waals surface area contributed by atoms with Crippen LogP contribution < -0.4 is 9.47 Å². The van der Waals surface area contributed by atoms with Crippen LogP contribution in [0, 0.1) is 17.0 Å².